The summed E-state index contributed by atoms with van der Waals surface area (Å²) in [6.07, 6.45) is 2.76. The molecule has 0 N–H and O–H groups in total. The van der Waals surface area contributed by atoms with Gasteiger partial charge < -0.3 is 0 Å². The first-order valence-electron chi connectivity index (χ1n) is 5.83. The van der Waals surface area contributed by atoms with Gasteiger partial charge in [-0.3, -0.25) is 4.90 Å². The molecule has 0 bridgehead atoms. The van der Waals surface area contributed by atoms with Crippen molar-refractivity contribution < 1.29 is 0 Å². The Morgan fingerprint density at radius 2 is 2.38 bits per heavy atom. The fourth-order valence-corrected chi connectivity index (χ4v) is 3.01. The Balaban J connectivity index is 0.00000128. The van der Waals surface area contributed by atoms with E-state index in [0.717, 1.165) is 18.4 Å². The molecule has 16 heavy (non-hydrogen) atoms. The van der Waals surface area contributed by atoms with Crippen LogP contribution >= 0.6 is 23.7 Å². The van der Waals surface area contributed by atoms with Crippen molar-refractivity contribution in [2.75, 3.05) is 13.1 Å². The number of likely N-dealkylation sites (tertiary alicyclic amines) is 1. The second kappa shape index (κ2) is 6.58. The molecule has 1 fully saturated rings. The highest BCUT2D eigenvalue weighted by Gasteiger charge is 2.23. The number of thiazole rings is 1. The van der Waals surface area contributed by atoms with Gasteiger partial charge >= 0.3 is 0 Å². The molecule has 2 rings (SSSR count). The molecule has 0 amide bonds. The summed E-state index contributed by atoms with van der Waals surface area (Å²) in [5, 5.41) is 2.16. The van der Waals surface area contributed by atoms with Crippen LogP contribution in [0, 0.1) is 11.8 Å². The minimum Gasteiger partial charge on any atom is -0.297 e. The maximum atomic E-state index is 4.34. The molecule has 1 unspecified atom stereocenters. The summed E-state index contributed by atoms with van der Waals surface area (Å²) in [4.78, 5) is 6.89. The van der Waals surface area contributed by atoms with E-state index in [9.17, 15) is 0 Å². The summed E-state index contributed by atoms with van der Waals surface area (Å²) < 4.78 is 0. The van der Waals surface area contributed by atoms with Crippen molar-refractivity contribution in [1.82, 2.24) is 9.88 Å². The third-order valence-corrected chi connectivity index (χ3v) is 3.68. The molecule has 92 valence electrons. The summed E-state index contributed by atoms with van der Waals surface area (Å²) in [5.41, 5.74) is 3.17. The fraction of sp³-hybridized carbons (Fsp3) is 0.750. The average molecular weight is 261 g/mol. The molecule has 4 heteroatoms. The number of rotatable bonds is 4. The van der Waals surface area contributed by atoms with Gasteiger partial charge in [-0.05, 0) is 31.2 Å². The highest BCUT2D eigenvalue weighted by Crippen LogP contribution is 2.24. The van der Waals surface area contributed by atoms with Crippen LogP contribution in [0.5, 0.6) is 0 Å². The van der Waals surface area contributed by atoms with Gasteiger partial charge in [0.25, 0.3) is 0 Å². The standard InChI is InChI=1S/C12H20N2S.ClH/c1-10(2)5-11-3-4-14(6-11)7-12-8-15-9-13-12;/h8-11H,3-7H2,1-2H3;1H. The number of hydrogen-bond donors (Lipinski definition) is 0. The molecule has 0 aromatic carbocycles. The lowest BCUT2D eigenvalue weighted by Gasteiger charge is -2.15. The molecule has 1 aliphatic rings. The van der Waals surface area contributed by atoms with E-state index in [1.165, 1.54) is 31.6 Å². The van der Waals surface area contributed by atoms with Crippen molar-refractivity contribution in [2.45, 2.75) is 33.2 Å². The Morgan fingerprint density at radius 3 is 3.00 bits per heavy atom. The Morgan fingerprint density at radius 1 is 1.56 bits per heavy atom. The number of nitrogens with zero attached hydrogens (tertiary/aromatic N) is 2. The molecular formula is C12H21ClN2S. The van der Waals surface area contributed by atoms with Gasteiger partial charge in [-0.2, -0.15) is 0 Å². The number of hydrogen-bond acceptors (Lipinski definition) is 3. The van der Waals surface area contributed by atoms with E-state index in [4.69, 9.17) is 0 Å². The van der Waals surface area contributed by atoms with Gasteiger partial charge in [-0.15, -0.1) is 23.7 Å². The number of halogens is 1. The Labute approximate surface area is 108 Å². The molecular weight excluding hydrogens is 240 g/mol. The van der Waals surface area contributed by atoms with Crippen molar-refractivity contribution in [3.05, 3.63) is 16.6 Å². The fourth-order valence-electron chi connectivity index (χ4n) is 2.46. The molecule has 1 aromatic heterocycles. The predicted octanol–water partition coefficient (Wildman–Crippen LogP) is 3.43. The lowest BCUT2D eigenvalue weighted by atomic mass is 9.97. The van der Waals surface area contributed by atoms with Crippen molar-refractivity contribution in [1.29, 1.82) is 0 Å². The van der Waals surface area contributed by atoms with E-state index in [-0.39, 0.29) is 12.4 Å². The topological polar surface area (TPSA) is 16.1 Å². The van der Waals surface area contributed by atoms with Gasteiger partial charge in [0.05, 0.1) is 11.2 Å². The van der Waals surface area contributed by atoms with Crippen LogP contribution in [0.25, 0.3) is 0 Å². The molecule has 2 nitrogen and oxygen atoms in total. The van der Waals surface area contributed by atoms with Crippen LogP contribution in [0.4, 0.5) is 0 Å². The van der Waals surface area contributed by atoms with Crippen LogP contribution in [0.1, 0.15) is 32.4 Å². The van der Waals surface area contributed by atoms with Crippen LogP contribution in [-0.2, 0) is 6.54 Å². The third kappa shape index (κ3) is 4.04. The molecule has 0 saturated carbocycles. The SMILES string of the molecule is CC(C)CC1CCN(Cc2cscn2)C1.Cl. The van der Waals surface area contributed by atoms with Crippen LogP contribution in [0.3, 0.4) is 0 Å². The molecule has 0 radical (unpaired) electrons. The number of aromatic nitrogens is 1. The van der Waals surface area contributed by atoms with Gasteiger partial charge in [0.15, 0.2) is 0 Å². The van der Waals surface area contributed by atoms with Crippen LogP contribution in [0.15, 0.2) is 10.9 Å². The van der Waals surface area contributed by atoms with Gasteiger partial charge in [-0.25, -0.2) is 4.98 Å². The largest absolute Gasteiger partial charge is 0.297 e. The molecule has 0 spiro atoms. The Hall–Kier alpha value is -0.120. The molecule has 1 saturated heterocycles. The smallest absolute Gasteiger partial charge is 0.0795 e. The zero-order chi connectivity index (χ0) is 10.7. The van der Waals surface area contributed by atoms with Gasteiger partial charge in [0.2, 0.25) is 0 Å². The van der Waals surface area contributed by atoms with Crippen LogP contribution in [-0.4, -0.2) is 23.0 Å². The average Bonchev–Trinajstić information content (AvgIpc) is 2.77. The van der Waals surface area contributed by atoms with E-state index in [0.29, 0.717) is 0 Å². The quantitative estimate of drug-likeness (QED) is 0.825. The lowest BCUT2D eigenvalue weighted by molar-refractivity contribution is 0.303. The summed E-state index contributed by atoms with van der Waals surface area (Å²) in [7, 11) is 0. The van der Waals surface area contributed by atoms with Crippen molar-refractivity contribution in [2.24, 2.45) is 11.8 Å². The van der Waals surface area contributed by atoms with E-state index in [1.807, 2.05) is 5.51 Å². The van der Waals surface area contributed by atoms with E-state index < -0.39 is 0 Å². The highest BCUT2D eigenvalue weighted by molar-refractivity contribution is 7.07. The maximum Gasteiger partial charge on any atom is 0.0795 e. The third-order valence-electron chi connectivity index (χ3n) is 3.04. The van der Waals surface area contributed by atoms with Crippen molar-refractivity contribution in [3.8, 4) is 0 Å². The zero-order valence-corrected chi connectivity index (χ0v) is 11.7. The summed E-state index contributed by atoms with van der Waals surface area (Å²) in [6.45, 7) is 8.23. The first-order chi connectivity index (χ1) is 7.24. The summed E-state index contributed by atoms with van der Waals surface area (Å²) >= 11 is 1.70. The first-order valence-corrected chi connectivity index (χ1v) is 6.77. The summed E-state index contributed by atoms with van der Waals surface area (Å²) in [5.74, 6) is 1.76. The zero-order valence-electron chi connectivity index (χ0n) is 10.1. The van der Waals surface area contributed by atoms with E-state index in [1.54, 1.807) is 11.3 Å². The molecule has 0 aliphatic carbocycles. The normalized spacial score (nSPS) is 21.3. The van der Waals surface area contributed by atoms with Crippen molar-refractivity contribution in [3.63, 3.8) is 0 Å². The van der Waals surface area contributed by atoms with Crippen LogP contribution in [0.2, 0.25) is 0 Å². The molecule has 1 atom stereocenters. The van der Waals surface area contributed by atoms with E-state index >= 15 is 0 Å². The molecule has 1 aromatic rings. The van der Waals surface area contributed by atoms with Crippen LogP contribution < -0.4 is 0 Å². The maximum absolute atomic E-state index is 4.34. The van der Waals surface area contributed by atoms with Gasteiger partial charge in [0.1, 0.15) is 0 Å². The van der Waals surface area contributed by atoms with E-state index in [2.05, 4.69) is 29.1 Å². The molecule has 2 heterocycles. The van der Waals surface area contributed by atoms with Gasteiger partial charge in [-0.1, -0.05) is 13.8 Å². The lowest BCUT2D eigenvalue weighted by Crippen LogP contribution is -2.20. The second-order valence-electron chi connectivity index (χ2n) is 5.00. The first kappa shape index (κ1) is 13.9. The Kier molecular flexibility index (Phi) is 5.73. The Bertz CT molecular complexity index is 287. The molecule has 1 aliphatic heterocycles. The predicted molar refractivity (Wildman–Crippen MR) is 72.2 cm³/mol. The highest BCUT2D eigenvalue weighted by atomic mass is 35.5. The minimum atomic E-state index is 0. The van der Waals surface area contributed by atoms with Crippen molar-refractivity contribution >= 4 is 23.7 Å². The second-order valence-corrected chi connectivity index (χ2v) is 5.72. The summed E-state index contributed by atoms with van der Waals surface area (Å²) in [6, 6.07) is 0. The van der Waals surface area contributed by atoms with Gasteiger partial charge in [0, 0.05) is 18.5 Å². The minimum absolute atomic E-state index is 0. The monoisotopic (exact) mass is 260 g/mol.